The fraction of sp³-hybridized carbons (Fsp3) is 0.333. The molecule has 0 spiro atoms. The number of rotatable bonds is 7. The second-order valence-corrected chi connectivity index (χ2v) is 8.76. The first kappa shape index (κ1) is 20.0. The predicted molar refractivity (Wildman–Crippen MR) is 123 cm³/mol. The third-order valence-corrected chi connectivity index (χ3v) is 6.67. The lowest BCUT2D eigenvalue weighted by atomic mass is 9.99. The summed E-state index contributed by atoms with van der Waals surface area (Å²) in [7, 11) is 0. The summed E-state index contributed by atoms with van der Waals surface area (Å²) < 4.78 is 6.19. The van der Waals surface area contributed by atoms with Crippen molar-refractivity contribution in [2.75, 3.05) is 13.2 Å². The van der Waals surface area contributed by atoms with Gasteiger partial charge in [0.25, 0.3) is 0 Å². The molecule has 0 bridgehead atoms. The van der Waals surface area contributed by atoms with Crippen LogP contribution in [0.1, 0.15) is 31.2 Å². The number of likely N-dealkylation sites (tertiary alicyclic amines) is 1. The monoisotopic (exact) mass is 431 g/mol. The maximum absolute atomic E-state index is 6.19. The van der Waals surface area contributed by atoms with Crippen molar-refractivity contribution in [3.8, 4) is 16.5 Å². The quantitative estimate of drug-likeness (QED) is 0.412. The van der Waals surface area contributed by atoms with Gasteiger partial charge in [-0.3, -0.25) is 9.88 Å². The molecule has 4 aromatic rings. The number of nitrogens with zero attached hydrogens (tertiary/aromatic N) is 5. The molecule has 3 aromatic heterocycles. The SMILES string of the molecule is c1cc(CN2CCCCC2CCOc2ncnc3ccc(-c4nccs4)cc23)ccn1. The van der Waals surface area contributed by atoms with Crippen LogP contribution in [0.15, 0.2) is 60.6 Å². The van der Waals surface area contributed by atoms with Gasteiger partial charge in [-0.1, -0.05) is 6.42 Å². The van der Waals surface area contributed by atoms with Crippen LogP contribution in [0.4, 0.5) is 0 Å². The number of pyridine rings is 1. The van der Waals surface area contributed by atoms with Crippen LogP contribution in [0, 0.1) is 0 Å². The molecule has 4 heterocycles. The second kappa shape index (κ2) is 9.49. The zero-order valence-corrected chi connectivity index (χ0v) is 18.2. The lowest BCUT2D eigenvalue weighted by Crippen LogP contribution is -2.39. The van der Waals surface area contributed by atoms with E-state index in [2.05, 4.69) is 49.1 Å². The van der Waals surface area contributed by atoms with E-state index in [4.69, 9.17) is 4.74 Å². The van der Waals surface area contributed by atoms with Crippen LogP contribution in [-0.2, 0) is 6.54 Å². The average Bonchev–Trinajstić information content (AvgIpc) is 3.36. The standard InChI is InChI=1S/C24H25N5OS/c1-2-12-29(16-18-6-9-25-10-7-18)20(3-1)8-13-30-23-21-15-19(24-26-11-14-31-24)4-5-22(21)27-17-28-23/h4-7,9-11,14-15,17,20H,1-3,8,12-13,16H2. The van der Waals surface area contributed by atoms with E-state index in [0.717, 1.165) is 41.0 Å². The van der Waals surface area contributed by atoms with Crippen LogP contribution in [0.5, 0.6) is 5.88 Å². The molecule has 1 atom stereocenters. The molecule has 0 radical (unpaired) electrons. The third kappa shape index (κ3) is 4.73. The molecule has 158 valence electrons. The van der Waals surface area contributed by atoms with Crippen LogP contribution in [0.3, 0.4) is 0 Å². The summed E-state index contributed by atoms with van der Waals surface area (Å²) in [6.07, 6.45) is 11.9. The molecule has 7 heteroatoms. The Morgan fingerprint density at radius 3 is 2.84 bits per heavy atom. The molecule has 1 saturated heterocycles. The van der Waals surface area contributed by atoms with Crippen LogP contribution < -0.4 is 4.74 Å². The molecule has 0 N–H and O–H groups in total. The summed E-state index contributed by atoms with van der Waals surface area (Å²) in [6, 6.07) is 10.9. The molecule has 31 heavy (non-hydrogen) atoms. The highest BCUT2D eigenvalue weighted by atomic mass is 32.1. The van der Waals surface area contributed by atoms with Crippen LogP contribution in [0.2, 0.25) is 0 Å². The summed E-state index contributed by atoms with van der Waals surface area (Å²) in [5, 5.41) is 3.92. The Bertz CT molecular complexity index is 1120. The molecule has 1 aromatic carbocycles. The van der Waals surface area contributed by atoms with Crippen molar-refractivity contribution in [2.24, 2.45) is 0 Å². The van der Waals surface area contributed by atoms with Gasteiger partial charge in [-0.15, -0.1) is 11.3 Å². The number of aromatic nitrogens is 4. The van der Waals surface area contributed by atoms with Gasteiger partial charge >= 0.3 is 0 Å². The van der Waals surface area contributed by atoms with Crippen molar-refractivity contribution in [1.82, 2.24) is 24.8 Å². The summed E-state index contributed by atoms with van der Waals surface area (Å²) in [4.78, 5) is 20.0. The minimum atomic E-state index is 0.529. The Balaban J connectivity index is 1.27. The van der Waals surface area contributed by atoms with Gasteiger partial charge in [0.2, 0.25) is 5.88 Å². The maximum atomic E-state index is 6.19. The first-order chi connectivity index (χ1) is 15.4. The van der Waals surface area contributed by atoms with Gasteiger partial charge < -0.3 is 4.74 Å². The highest BCUT2D eigenvalue weighted by molar-refractivity contribution is 7.13. The zero-order valence-electron chi connectivity index (χ0n) is 17.4. The Hall–Kier alpha value is -2.90. The number of benzene rings is 1. The Kier molecular flexibility index (Phi) is 6.13. The van der Waals surface area contributed by atoms with Gasteiger partial charge in [-0.2, -0.15) is 0 Å². The summed E-state index contributed by atoms with van der Waals surface area (Å²) in [6.45, 7) is 2.76. The third-order valence-electron chi connectivity index (χ3n) is 5.85. The topological polar surface area (TPSA) is 64.0 Å². The largest absolute Gasteiger partial charge is 0.477 e. The molecule has 0 aliphatic carbocycles. The second-order valence-electron chi connectivity index (χ2n) is 7.86. The Labute approximate surface area is 186 Å². The first-order valence-electron chi connectivity index (χ1n) is 10.8. The zero-order chi connectivity index (χ0) is 20.9. The normalized spacial score (nSPS) is 17.1. The smallest absolute Gasteiger partial charge is 0.224 e. The molecule has 0 saturated carbocycles. The van der Waals surface area contributed by atoms with Gasteiger partial charge in [0.15, 0.2) is 0 Å². The molecule has 1 aliphatic heterocycles. The van der Waals surface area contributed by atoms with E-state index in [1.807, 2.05) is 30.0 Å². The molecule has 1 unspecified atom stereocenters. The van der Waals surface area contributed by atoms with Crippen molar-refractivity contribution in [3.63, 3.8) is 0 Å². The maximum Gasteiger partial charge on any atom is 0.224 e. The minimum Gasteiger partial charge on any atom is -0.477 e. The summed E-state index contributed by atoms with van der Waals surface area (Å²) in [5.41, 5.74) is 3.28. The van der Waals surface area contributed by atoms with Crippen LogP contribution in [-0.4, -0.2) is 44.0 Å². The number of thiazole rings is 1. The van der Waals surface area contributed by atoms with E-state index in [-0.39, 0.29) is 0 Å². The van der Waals surface area contributed by atoms with Crippen molar-refractivity contribution in [2.45, 2.75) is 38.3 Å². The van der Waals surface area contributed by atoms with Crippen LogP contribution in [0.25, 0.3) is 21.5 Å². The highest BCUT2D eigenvalue weighted by Crippen LogP contribution is 2.29. The molecule has 1 fully saturated rings. The van der Waals surface area contributed by atoms with E-state index in [9.17, 15) is 0 Å². The van der Waals surface area contributed by atoms with E-state index in [1.54, 1.807) is 17.7 Å². The molecule has 0 amide bonds. The summed E-state index contributed by atoms with van der Waals surface area (Å²) in [5.74, 6) is 0.653. The highest BCUT2D eigenvalue weighted by Gasteiger charge is 2.22. The lowest BCUT2D eigenvalue weighted by Gasteiger charge is -2.35. The van der Waals surface area contributed by atoms with Gasteiger partial charge in [-0.05, 0) is 61.7 Å². The number of piperidine rings is 1. The van der Waals surface area contributed by atoms with Crippen molar-refractivity contribution in [3.05, 3.63) is 66.2 Å². The van der Waals surface area contributed by atoms with Gasteiger partial charge in [0.05, 0.1) is 17.5 Å². The first-order valence-corrected chi connectivity index (χ1v) is 11.7. The number of hydrogen-bond acceptors (Lipinski definition) is 7. The number of fused-ring (bicyclic) bond motifs is 1. The van der Waals surface area contributed by atoms with Crippen molar-refractivity contribution in [1.29, 1.82) is 0 Å². The van der Waals surface area contributed by atoms with Gasteiger partial charge in [0, 0.05) is 42.1 Å². The van der Waals surface area contributed by atoms with Crippen LogP contribution >= 0.6 is 11.3 Å². The minimum absolute atomic E-state index is 0.529. The Morgan fingerprint density at radius 2 is 1.97 bits per heavy atom. The molecule has 5 rings (SSSR count). The lowest BCUT2D eigenvalue weighted by molar-refractivity contribution is 0.116. The van der Waals surface area contributed by atoms with Gasteiger partial charge in [0.1, 0.15) is 11.3 Å². The van der Waals surface area contributed by atoms with Crippen molar-refractivity contribution >= 4 is 22.2 Å². The average molecular weight is 432 g/mol. The van der Waals surface area contributed by atoms with E-state index in [0.29, 0.717) is 18.5 Å². The van der Waals surface area contributed by atoms with E-state index < -0.39 is 0 Å². The van der Waals surface area contributed by atoms with Crippen molar-refractivity contribution < 1.29 is 4.74 Å². The van der Waals surface area contributed by atoms with E-state index >= 15 is 0 Å². The predicted octanol–water partition coefficient (Wildman–Crippen LogP) is 4.97. The molecule has 1 aliphatic rings. The molecular formula is C24H25N5OS. The van der Waals surface area contributed by atoms with E-state index in [1.165, 1.54) is 24.8 Å². The Morgan fingerprint density at radius 1 is 1.03 bits per heavy atom. The number of ether oxygens (including phenoxy) is 1. The fourth-order valence-corrected chi connectivity index (χ4v) is 4.89. The van der Waals surface area contributed by atoms with Gasteiger partial charge in [-0.25, -0.2) is 15.0 Å². The summed E-state index contributed by atoms with van der Waals surface area (Å²) >= 11 is 1.63. The molecule has 6 nitrogen and oxygen atoms in total. The number of hydrogen-bond donors (Lipinski definition) is 0. The fourth-order valence-electron chi connectivity index (χ4n) is 4.26. The molecular weight excluding hydrogens is 406 g/mol.